The average molecular weight is 305 g/mol. The lowest BCUT2D eigenvalue weighted by atomic mass is 10.3. The van der Waals surface area contributed by atoms with Gasteiger partial charge in [0.2, 0.25) is 0 Å². The van der Waals surface area contributed by atoms with Gasteiger partial charge < -0.3 is 14.2 Å². The summed E-state index contributed by atoms with van der Waals surface area (Å²) in [4.78, 5) is 21.1. The zero-order valence-corrected chi connectivity index (χ0v) is 12.3. The van der Waals surface area contributed by atoms with Gasteiger partial charge in [-0.25, -0.2) is 8.96 Å². The summed E-state index contributed by atoms with van der Waals surface area (Å²) in [5.41, 5.74) is 0. The van der Waals surface area contributed by atoms with Crippen molar-refractivity contribution < 1.29 is 27.9 Å². The monoisotopic (exact) mass is 305 g/mol. The Bertz CT molecular complexity index is 505. The van der Waals surface area contributed by atoms with E-state index >= 15 is 0 Å². The molecule has 0 radical (unpaired) electrons. The van der Waals surface area contributed by atoms with E-state index in [4.69, 9.17) is 9.26 Å². The van der Waals surface area contributed by atoms with Crippen molar-refractivity contribution in [2.75, 3.05) is 0 Å². The number of carbonyl (C=O) groups is 1. The van der Waals surface area contributed by atoms with Crippen LogP contribution in [0.1, 0.15) is 20.8 Å². The molecule has 0 aliphatic carbocycles. The second-order valence-corrected chi connectivity index (χ2v) is 5.88. The van der Waals surface area contributed by atoms with E-state index in [1.807, 2.05) is 0 Å². The van der Waals surface area contributed by atoms with Gasteiger partial charge >= 0.3 is 13.7 Å². The smallest absolute Gasteiger partial charge is 0.456 e. The molecule has 1 aromatic rings. The summed E-state index contributed by atoms with van der Waals surface area (Å²) in [6.45, 7) is 4.71. The highest BCUT2D eigenvalue weighted by Gasteiger charge is 2.28. The van der Waals surface area contributed by atoms with Gasteiger partial charge in [-0.2, -0.15) is 5.09 Å². The van der Waals surface area contributed by atoms with Crippen molar-refractivity contribution in [2.24, 2.45) is 0 Å². The zero-order chi connectivity index (χ0) is 15.3. The molecule has 112 valence electrons. The lowest BCUT2D eigenvalue weighted by Crippen LogP contribution is -2.35. The third kappa shape index (κ3) is 5.69. The first kappa shape index (κ1) is 16.6. The Hall–Kier alpha value is -1.43. The van der Waals surface area contributed by atoms with Gasteiger partial charge in [0, 0.05) is 0 Å². The summed E-state index contributed by atoms with van der Waals surface area (Å²) in [5.74, 6) is -1.15. The standard InChI is InChI=1S/C12H17FNO5P/c1-8(2)18-12(15)9(3)14-20(16,17)19-11-6-4-10(13)5-7-11/h4-9H,1-3H3,(H2,14,16,17)/t9-/m0/s1. The van der Waals surface area contributed by atoms with E-state index in [9.17, 15) is 18.6 Å². The van der Waals surface area contributed by atoms with Crippen LogP contribution in [0.25, 0.3) is 0 Å². The van der Waals surface area contributed by atoms with Crippen LogP contribution in [0.5, 0.6) is 5.75 Å². The predicted molar refractivity (Wildman–Crippen MR) is 70.7 cm³/mol. The van der Waals surface area contributed by atoms with Crippen molar-refractivity contribution in [3.8, 4) is 5.75 Å². The number of esters is 1. The van der Waals surface area contributed by atoms with E-state index in [1.54, 1.807) is 13.8 Å². The van der Waals surface area contributed by atoms with Crippen LogP contribution in [0.2, 0.25) is 0 Å². The Morgan fingerprint density at radius 2 is 1.85 bits per heavy atom. The number of benzene rings is 1. The highest BCUT2D eigenvalue weighted by atomic mass is 31.2. The van der Waals surface area contributed by atoms with E-state index in [2.05, 4.69) is 5.09 Å². The van der Waals surface area contributed by atoms with Gasteiger partial charge in [-0.15, -0.1) is 0 Å². The van der Waals surface area contributed by atoms with Crippen molar-refractivity contribution in [3.63, 3.8) is 0 Å². The lowest BCUT2D eigenvalue weighted by molar-refractivity contribution is -0.149. The molecule has 6 nitrogen and oxygen atoms in total. The fourth-order valence-electron chi connectivity index (χ4n) is 1.30. The van der Waals surface area contributed by atoms with Crippen LogP contribution in [0, 0.1) is 5.82 Å². The van der Waals surface area contributed by atoms with Gasteiger partial charge in [0.1, 0.15) is 17.6 Å². The molecule has 1 rings (SSSR count). The Morgan fingerprint density at radius 3 is 2.35 bits per heavy atom. The normalized spacial score (nSPS) is 15.5. The summed E-state index contributed by atoms with van der Waals surface area (Å²) < 4.78 is 34.2. The van der Waals surface area contributed by atoms with Crippen LogP contribution >= 0.6 is 7.75 Å². The van der Waals surface area contributed by atoms with Crippen LogP contribution in [0.3, 0.4) is 0 Å². The third-order valence-electron chi connectivity index (χ3n) is 2.10. The summed E-state index contributed by atoms with van der Waals surface area (Å²) in [6, 6.07) is 3.57. The van der Waals surface area contributed by atoms with Crippen molar-refractivity contribution in [1.82, 2.24) is 5.09 Å². The predicted octanol–water partition coefficient (Wildman–Crippen LogP) is 2.23. The summed E-state index contributed by atoms with van der Waals surface area (Å²) in [7, 11) is -4.26. The molecule has 1 unspecified atom stereocenters. The second-order valence-electron chi connectivity index (χ2n) is 4.40. The van der Waals surface area contributed by atoms with E-state index in [-0.39, 0.29) is 11.9 Å². The second kappa shape index (κ2) is 6.83. The maximum Gasteiger partial charge on any atom is 0.456 e. The van der Waals surface area contributed by atoms with E-state index < -0.39 is 25.6 Å². The molecule has 0 heterocycles. The Labute approximate surface area is 116 Å². The average Bonchev–Trinajstić information content (AvgIpc) is 2.30. The first-order valence-corrected chi connectivity index (χ1v) is 7.53. The molecule has 0 aliphatic heterocycles. The minimum Gasteiger partial charge on any atom is -0.462 e. The fraction of sp³-hybridized carbons (Fsp3) is 0.417. The number of rotatable bonds is 6. The molecule has 0 saturated carbocycles. The van der Waals surface area contributed by atoms with Crippen LogP contribution in [-0.4, -0.2) is 23.0 Å². The molecule has 0 amide bonds. The van der Waals surface area contributed by atoms with E-state index in [1.165, 1.54) is 19.1 Å². The Morgan fingerprint density at radius 1 is 1.30 bits per heavy atom. The minimum atomic E-state index is -4.26. The van der Waals surface area contributed by atoms with Gasteiger partial charge in [0.25, 0.3) is 0 Å². The van der Waals surface area contributed by atoms with Crippen LogP contribution in [0.4, 0.5) is 4.39 Å². The maximum absolute atomic E-state index is 12.7. The molecular weight excluding hydrogens is 288 g/mol. The number of hydrogen-bond acceptors (Lipinski definition) is 4. The van der Waals surface area contributed by atoms with Gasteiger partial charge in [0.15, 0.2) is 0 Å². The molecule has 0 aliphatic rings. The number of hydrogen-bond donors (Lipinski definition) is 2. The van der Waals surface area contributed by atoms with Crippen molar-refractivity contribution in [2.45, 2.75) is 32.9 Å². The van der Waals surface area contributed by atoms with Gasteiger partial charge in [-0.1, -0.05) is 0 Å². The molecule has 0 bridgehead atoms. The molecule has 20 heavy (non-hydrogen) atoms. The van der Waals surface area contributed by atoms with E-state index in [0.717, 1.165) is 12.1 Å². The van der Waals surface area contributed by atoms with Crippen LogP contribution in [-0.2, 0) is 14.1 Å². The number of nitrogens with one attached hydrogen (secondary N) is 1. The highest BCUT2D eigenvalue weighted by Crippen LogP contribution is 2.38. The first-order chi connectivity index (χ1) is 9.19. The fourth-order valence-corrected chi connectivity index (χ4v) is 2.35. The molecule has 0 spiro atoms. The molecule has 8 heteroatoms. The third-order valence-corrected chi connectivity index (χ3v) is 3.28. The van der Waals surface area contributed by atoms with Crippen molar-refractivity contribution >= 4 is 13.7 Å². The van der Waals surface area contributed by atoms with Crippen molar-refractivity contribution in [1.29, 1.82) is 0 Å². The summed E-state index contributed by atoms with van der Waals surface area (Å²) >= 11 is 0. The molecule has 2 atom stereocenters. The van der Waals surface area contributed by atoms with Crippen LogP contribution < -0.4 is 9.61 Å². The minimum absolute atomic E-state index is 0.00848. The number of ether oxygens (including phenoxy) is 1. The highest BCUT2D eigenvalue weighted by molar-refractivity contribution is 7.51. The molecule has 0 fully saturated rings. The lowest BCUT2D eigenvalue weighted by Gasteiger charge is -2.19. The zero-order valence-electron chi connectivity index (χ0n) is 11.4. The van der Waals surface area contributed by atoms with Gasteiger partial charge in [0.05, 0.1) is 6.10 Å². The first-order valence-electron chi connectivity index (χ1n) is 5.96. The quantitative estimate of drug-likeness (QED) is 0.619. The Balaban J connectivity index is 2.62. The van der Waals surface area contributed by atoms with Crippen LogP contribution in [0.15, 0.2) is 24.3 Å². The summed E-state index contributed by atoms with van der Waals surface area (Å²) in [6.07, 6.45) is -0.331. The number of carbonyl (C=O) groups excluding carboxylic acids is 1. The van der Waals surface area contributed by atoms with Gasteiger partial charge in [-0.3, -0.25) is 4.79 Å². The van der Waals surface area contributed by atoms with Gasteiger partial charge in [-0.05, 0) is 45.0 Å². The molecule has 0 saturated heterocycles. The number of halogens is 1. The summed E-state index contributed by atoms with van der Waals surface area (Å²) in [5, 5.41) is 2.15. The molecule has 0 aromatic heterocycles. The Kier molecular flexibility index (Phi) is 5.68. The SMILES string of the molecule is CC(C)OC(=O)[C@H](C)NP(=O)(O)Oc1ccc(F)cc1. The molecule has 2 N–H and O–H groups in total. The molecule has 1 aromatic carbocycles. The van der Waals surface area contributed by atoms with E-state index in [0.29, 0.717) is 0 Å². The molecular formula is C12H17FNO5P. The largest absolute Gasteiger partial charge is 0.462 e. The maximum atomic E-state index is 12.7. The van der Waals surface area contributed by atoms with Crippen molar-refractivity contribution in [3.05, 3.63) is 30.1 Å². The topological polar surface area (TPSA) is 84.9 Å².